The van der Waals surface area contributed by atoms with Crippen molar-refractivity contribution < 1.29 is 22.9 Å². The number of allylic oxidation sites excluding steroid dienone is 5. The zero-order valence-electron chi connectivity index (χ0n) is 29.9. The van der Waals surface area contributed by atoms with Crippen LogP contribution < -0.4 is 5.32 Å². The van der Waals surface area contributed by atoms with Gasteiger partial charge in [0, 0.05) is 6.42 Å². The number of hydrogen-bond acceptors (Lipinski definition) is 4. The predicted octanol–water partition coefficient (Wildman–Crippen LogP) is 11.0. The SMILES string of the molecule is CCCCCCCCC/C=C\CCCCCCCC(=O)NC(CS(=O)(=O)O)C(O)/C=C/CC/C=C/CCCCCCCCCCC. The molecule has 0 bridgehead atoms. The fourth-order valence-electron chi connectivity index (χ4n) is 5.64. The van der Waals surface area contributed by atoms with Gasteiger partial charge in [0.1, 0.15) is 0 Å². The fraction of sp³-hybridized carbons (Fsp3) is 0.821. The molecular weight excluding hydrogens is 594 g/mol. The Bertz CT molecular complexity index is 868. The molecule has 0 saturated carbocycles. The van der Waals surface area contributed by atoms with Crippen LogP contribution in [0.25, 0.3) is 0 Å². The first-order valence-electron chi connectivity index (χ1n) is 19.2. The van der Waals surface area contributed by atoms with Gasteiger partial charge >= 0.3 is 0 Å². The van der Waals surface area contributed by atoms with Gasteiger partial charge in [0.2, 0.25) is 5.91 Å². The number of unbranched alkanes of at least 4 members (excludes halogenated alkanes) is 22. The molecule has 3 N–H and O–H groups in total. The van der Waals surface area contributed by atoms with Gasteiger partial charge in [-0.3, -0.25) is 9.35 Å². The van der Waals surface area contributed by atoms with Crippen LogP contribution in [0.4, 0.5) is 0 Å². The summed E-state index contributed by atoms with van der Waals surface area (Å²) in [6.45, 7) is 4.50. The first-order valence-corrected chi connectivity index (χ1v) is 20.8. The highest BCUT2D eigenvalue weighted by atomic mass is 32.2. The smallest absolute Gasteiger partial charge is 0.267 e. The van der Waals surface area contributed by atoms with Crippen LogP contribution >= 0.6 is 0 Å². The third-order valence-corrected chi connectivity index (χ3v) is 9.32. The predicted molar refractivity (Wildman–Crippen MR) is 198 cm³/mol. The van der Waals surface area contributed by atoms with Crippen LogP contribution in [-0.2, 0) is 14.9 Å². The van der Waals surface area contributed by atoms with Crippen molar-refractivity contribution in [2.75, 3.05) is 5.75 Å². The number of amides is 1. The average Bonchev–Trinajstić information content (AvgIpc) is 3.01. The molecule has 0 aromatic rings. The van der Waals surface area contributed by atoms with Crippen molar-refractivity contribution in [1.29, 1.82) is 0 Å². The number of aliphatic hydroxyl groups is 1. The maximum absolute atomic E-state index is 12.5. The molecule has 0 heterocycles. The van der Waals surface area contributed by atoms with Gasteiger partial charge in [-0.2, -0.15) is 8.42 Å². The van der Waals surface area contributed by atoms with Crippen LogP contribution in [0.2, 0.25) is 0 Å². The Kier molecular flexibility index (Phi) is 32.4. The van der Waals surface area contributed by atoms with Crippen molar-refractivity contribution in [3.05, 3.63) is 36.5 Å². The standard InChI is InChI=1S/C39H73NO5S/c1-3-5-7-9-11-13-15-17-19-21-23-25-27-29-31-33-35-39(42)40-37(36-46(43,44)45)38(41)34-32-30-28-26-24-22-20-18-16-14-12-10-8-6-4-2/h19,21,24,26,32,34,37-38,41H,3-18,20,22-23,25,27-31,33,35-36H2,1-2H3,(H,40,42)(H,43,44,45)/b21-19-,26-24+,34-32+. The van der Waals surface area contributed by atoms with Gasteiger partial charge in [-0.1, -0.05) is 159 Å². The normalized spacial score (nSPS) is 13.7. The molecule has 0 spiro atoms. The summed E-state index contributed by atoms with van der Waals surface area (Å²) in [5, 5.41) is 13.2. The second-order valence-corrected chi connectivity index (χ2v) is 14.7. The molecular formula is C39H73NO5S. The van der Waals surface area contributed by atoms with Crippen molar-refractivity contribution in [1.82, 2.24) is 5.32 Å². The van der Waals surface area contributed by atoms with E-state index in [1.54, 1.807) is 0 Å². The van der Waals surface area contributed by atoms with E-state index in [2.05, 4.69) is 43.5 Å². The molecule has 0 aliphatic heterocycles. The van der Waals surface area contributed by atoms with Gasteiger partial charge in [-0.25, -0.2) is 0 Å². The Morgan fingerprint density at radius 2 is 0.935 bits per heavy atom. The van der Waals surface area contributed by atoms with Gasteiger partial charge in [-0.15, -0.1) is 0 Å². The summed E-state index contributed by atoms with van der Waals surface area (Å²) in [7, 11) is -4.35. The quantitative estimate of drug-likeness (QED) is 0.0360. The van der Waals surface area contributed by atoms with Crippen molar-refractivity contribution in [2.24, 2.45) is 0 Å². The first kappa shape index (κ1) is 44.6. The molecule has 7 heteroatoms. The zero-order chi connectivity index (χ0) is 34.0. The maximum Gasteiger partial charge on any atom is 0.267 e. The van der Waals surface area contributed by atoms with Crippen molar-refractivity contribution in [2.45, 2.75) is 199 Å². The molecule has 270 valence electrons. The summed E-state index contributed by atoms with van der Waals surface area (Å²) in [5.74, 6) is -1.01. The Morgan fingerprint density at radius 1 is 0.565 bits per heavy atom. The minimum Gasteiger partial charge on any atom is -0.387 e. The Labute approximate surface area is 285 Å². The molecule has 0 fully saturated rings. The molecule has 0 aromatic carbocycles. The lowest BCUT2D eigenvalue weighted by Crippen LogP contribution is -2.46. The van der Waals surface area contributed by atoms with E-state index in [0.717, 1.165) is 51.4 Å². The molecule has 0 aliphatic carbocycles. The summed E-state index contributed by atoms with van der Waals surface area (Å²) in [6.07, 6.45) is 42.7. The van der Waals surface area contributed by atoms with E-state index in [9.17, 15) is 22.9 Å². The Balaban J connectivity index is 4.03. The van der Waals surface area contributed by atoms with Crippen LogP contribution in [0, 0.1) is 0 Å². The second-order valence-electron chi connectivity index (χ2n) is 13.2. The third kappa shape index (κ3) is 33.9. The van der Waals surface area contributed by atoms with Gasteiger partial charge in [0.05, 0.1) is 17.9 Å². The maximum atomic E-state index is 12.5. The van der Waals surface area contributed by atoms with Crippen LogP contribution in [0.1, 0.15) is 187 Å². The molecule has 6 nitrogen and oxygen atoms in total. The van der Waals surface area contributed by atoms with E-state index in [-0.39, 0.29) is 12.3 Å². The van der Waals surface area contributed by atoms with Crippen LogP contribution in [-0.4, -0.2) is 41.9 Å². The summed E-state index contributed by atoms with van der Waals surface area (Å²) >= 11 is 0. The third-order valence-electron chi connectivity index (χ3n) is 8.54. The van der Waals surface area contributed by atoms with Crippen LogP contribution in [0.3, 0.4) is 0 Å². The molecule has 46 heavy (non-hydrogen) atoms. The number of aliphatic hydroxyl groups excluding tert-OH is 1. The number of rotatable bonds is 34. The molecule has 2 atom stereocenters. The Hall–Kier alpha value is -1.44. The molecule has 2 unspecified atom stereocenters. The first-order chi connectivity index (χ1) is 22.3. The minimum absolute atomic E-state index is 0.278. The van der Waals surface area contributed by atoms with Crippen LogP contribution in [0.5, 0.6) is 0 Å². The van der Waals surface area contributed by atoms with E-state index in [1.165, 1.54) is 115 Å². The zero-order valence-corrected chi connectivity index (χ0v) is 30.8. The summed E-state index contributed by atoms with van der Waals surface area (Å²) in [4.78, 5) is 12.5. The molecule has 0 radical (unpaired) electrons. The van der Waals surface area contributed by atoms with Gasteiger partial charge in [0.25, 0.3) is 10.1 Å². The van der Waals surface area contributed by atoms with Gasteiger partial charge < -0.3 is 10.4 Å². The highest BCUT2D eigenvalue weighted by molar-refractivity contribution is 7.85. The highest BCUT2D eigenvalue weighted by Crippen LogP contribution is 2.13. The van der Waals surface area contributed by atoms with Crippen molar-refractivity contribution >= 4 is 16.0 Å². The molecule has 0 saturated heterocycles. The average molecular weight is 668 g/mol. The number of carbonyl (C=O) groups excluding carboxylic acids is 1. The summed E-state index contributed by atoms with van der Waals surface area (Å²) in [5.41, 5.74) is 0. The molecule has 0 rings (SSSR count). The van der Waals surface area contributed by atoms with E-state index >= 15 is 0 Å². The number of nitrogens with one attached hydrogen (secondary N) is 1. The second kappa shape index (κ2) is 33.5. The lowest BCUT2D eigenvalue weighted by atomic mass is 10.1. The summed E-state index contributed by atoms with van der Waals surface area (Å²) < 4.78 is 32.4. The van der Waals surface area contributed by atoms with Crippen molar-refractivity contribution in [3.8, 4) is 0 Å². The van der Waals surface area contributed by atoms with Crippen LogP contribution in [0.15, 0.2) is 36.5 Å². The highest BCUT2D eigenvalue weighted by Gasteiger charge is 2.24. The fourth-order valence-corrected chi connectivity index (χ4v) is 6.37. The van der Waals surface area contributed by atoms with E-state index in [1.807, 2.05) is 6.08 Å². The number of hydrogen-bond donors (Lipinski definition) is 3. The van der Waals surface area contributed by atoms with E-state index in [0.29, 0.717) is 6.42 Å². The Morgan fingerprint density at radius 3 is 1.37 bits per heavy atom. The van der Waals surface area contributed by atoms with Crippen molar-refractivity contribution in [3.63, 3.8) is 0 Å². The topological polar surface area (TPSA) is 104 Å². The largest absolute Gasteiger partial charge is 0.387 e. The lowest BCUT2D eigenvalue weighted by Gasteiger charge is -2.21. The molecule has 0 aliphatic rings. The lowest BCUT2D eigenvalue weighted by molar-refractivity contribution is -0.122. The monoisotopic (exact) mass is 668 g/mol. The number of carbonyl (C=O) groups is 1. The molecule has 1 amide bonds. The minimum atomic E-state index is -4.35. The van der Waals surface area contributed by atoms with E-state index < -0.39 is 28.0 Å². The van der Waals surface area contributed by atoms with E-state index in [4.69, 9.17) is 0 Å². The summed E-state index contributed by atoms with van der Waals surface area (Å²) in [6, 6.07) is -1.08. The molecule has 0 aromatic heterocycles. The van der Waals surface area contributed by atoms with Gasteiger partial charge in [0.15, 0.2) is 0 Å². The van der Waals surface area contributed by atoms with Gasteiger partial charge in [-0.05, 0) is 57.8 Å².